The molecule has 3 aromatic heterocycles. The Bertz CT molecular complexity index is 973. The summed E-state index contributed by atoms with van der Waals surface area (Å²) in [6, 6.07) is 4.02. The molecule has 3 aromatic rings. The van der Waals surface area contributed by atoms with Gasteiger partial charge in [-0.25, -0.2) is 14.8 Å². The number of aromatic nitrogens is 5. The second kappa shape index (κ2) is 6.86. The van der Waals surface area contributed by atoms with Crippen LogP contribution >= 0.6 is 0 Å². The zero-order chi connectivity index (χ0) is 19.0. The third-order valence-corrected chi connectivity index (χ3v) is 4.86. The van der Waals surface area contributed by atoms with Gasteiger partial charge in [-0.15, -0.1) is 0 Å². The number of aryl methyl sites for hydroxylation is 2. The van der Waals surface area contributed by atoms with Gasteiger partial charge in [0.05, 0.1) is 6.61 Å². The second-order valence-corrected chi connectivity index (χ2v) is 6.56. The number of ether oxygens (including phenoxy) is 1. The van der Waals surface area contributed by atoms with E-state index in [0.717, 1.165) is 41.4 Å². The van der Waals surface area contributed by atoms with Crippen molar-refractivity contribution in [3.8, 4) is 11.4 Å². The fraction of sp³-hybridized carbons (Fsp3) is 0.368. The molecule has 0 aliphatic carbocycles. The van der Waals surface area contributed by atoms with Crippen LogP contribution in [0.1, 0.15) is 28.7 Å². The van der Waals surface area contributed by atoms with Crippen LogP contribution in [-0.4, -0.2) is 43.4 Å². The highest BCUT2D eigenvalue weighted by atomic mass is 16.5. The third-order valence-electron chi connectivity index (χ3n) is 4.86. The van der Waals surface area contributed by atoms with Crippen molar-refractivity contribution in [2.24, 2.45) is 14.1 Å². The Labute approximate surface area is 157 Å². The topological polar surface area (TPSA) is 78.1 Å². The van der Waals surface area contributed by atoms with E-state index in [9.17, 15) is 4.79 Å². The van der Waals surface area contributed by atoms with Crippen molar-refractivity contribution in [2.45, 2.75) is 19.9 Å². The number of esters is 1. The van der Waals surface area contributed by atoms with Crippen LogP contribution in [0.15, 0.2) is 30.7 Å². The lowest BCUT2D eigenvalue weighted by Crippen LogP contribution is -2.32. The zero-order valence-corrected chi connectivity index (χ0v) is 15.7. The van der Waals surface area contributed by atoms with Crippen LogP contribution in [0.2, 0.25) is 0 Å². The maximum absolute atomic E-state index is 12.2. The molecule has 0 unspecified atom stereocenters. The molecule has 0 fully saturated rings. The van der Waals surface area contributed by atoms with Crippen molar-refractivity contribution < 1.29 is 9.53 Å². The SMILES string of the molecule is CCOC(=O)c1nn(C)c2c1CN(c1ccc(-c3nccn3C)cn1)CC2. The minimum absolute atomic E-state index is 0.337. The Morgan fingerprint density at radius 3 is 2.78 bits per heavy atom. The van der Waals surface area contributed by atoms with Crippen LogP contribution in [-0.2, 0) is 31.8 Å². The highest BCUT2D eigenvalue weighted by molar-refractivity contribution is 5.89. The van der Waals surface area contributed by atoms with Crippen LogP contribution in [0.4, 0.5) is 5.82 Å². The van der Waals surface area contributed by atoms with Crippen molar-refractivity contribution in [3.05, 3.63) is 47.7 Å². The Kier molecular flexibility index (Phi) is 4.39. The first kappa shape index (κ1) is 17.3. The first-order valence-corrected chi connectivity index (χ1v) is 8.99. The number of imidazole rings is 1. The summed E-state index contributed by atoms with van der Waals surface area (Å²) in [5.41, 5.74) is 3.39. The van der Waals surface area contributed by atoms with Crippen molar-refractivity contribution in [2.75, 3.05) is 18.1 Å². The predicted molar refractivity (Wildman–Crippen MR) is 100 cm³/mol. The van der Waals surface area contributed by atoms with E-state index < -0.39 is 0 Å². The van der Waals surface area contributed by atoms with Crippen molar-refractivity contribution in [1.29, 1.82) is 0 Å². The van der Waals surface area contributed by atoms with Crippen LogP contribution in [0.3, 0.4) is 0 Å². The summed E-state index contributed by atoms with van der Waals surface area (Å²) >= 11 is 0. The number of fused-ring (bicyclic) bond motifs is 1. The van der Waals surface area contributed by atoms with Crippen LogP contribution < -0.4 is 4.90 Å². The highest BCUT2D eigenvalue weighted by Crippen LogP contribution is 2.27. The summed E-state index contributed by atoms with van der Waals surface area (Å²) in [6.45, 7) is 3.55. The molecule has 0 bridgehead atoms. The molecule has 0 atom stereocenters. The smallest absolute Gasteiger partial charge is 0.359 e. The molecule has 0 N–H and O–H groups in total. The summed E-state index contributed by atoms with van der Waals surface area (Å²) < 4.78 is 8.91. The van der Waals surface area contributed by atoms with Crippen molar-refractivity contribution in [3.63, 3.8) is 0 Å². The van der Waals surface area contributed by atoms with Gasteiger partial charge in [-0.1, -0.05) is 0 Å². The predicted octanol–water partition coefficient (Wildman–Crippen LogP) is 1.95. The Morgan fingerprint density at radius 2 is 2.11 bits per heavy atom. The molecule has 4 rings (SSSR count). The lowest BCUT2D eigenvalue weighted by molar-refractivity contribution is 0.0517. The molecule has 0 amide bonds. The standard InChI is InChI=1S/C19H22N6O2/c1-4-27-19(26)17-14-12-25(9-7-15(14)24(3)22-17)16-6-5-13(11-21-16)18-20-8-10-23(18)2/h5-6,8,10-11H,4,7,9,12H2,1-3H3. The number of nitrogens with zero attached hydrogens (tertiary/aromatic N) is 6. The number of anilines is 1. The van der Waals surface area contributed by atoms with E-state index in [1.165, 1.54) is 0 Å². The molecule has 1 aliphatic heterocycles. The van der Waals surface area contributed by atoms with Crippen LogP contribution in [0.5, 0.6) is 0 Å². The van der Waals surface area contributed by atoms with E-state index in [-0.39, 0.29) is 5.97 Å². The van der Waals surface area contributed by atoms with Gasteiger partial charge < -0.3 is 14.2 Å². The summed E-state index contributed by atoms with van der Waals surface area (Å²) in [6.07, 6.45) is 6.33. The molecule has 1 aliphatic rings. The van der Waals surface area contributed by atoms with E-state index in [1.54, 1.807) is 17.8 Å². The molecule has 4 heterocycles. The number of carbonyl (C=O) groups excluding carboxylic acids is 1. The first-order chi connectivity index (χ1) is 13.1. The molecular weight excluding hydrogens is 344 g/mol. The molecular formula is C19H22N6O2. The van der Waals surface area contributed by atoms with E-state index in [4.69, 9.17) is 4.74 Å². The van der Waals surface area contributed by atoms with Crippen molar-refractivity contribution in [1.82, 2.24) is 24.3 Å². The minimum Gasteiger partial charge on any atom is -0.461 e. The molecule has 8 nitrogen and oxygen atoms in total. The number of hydrogen-bond acceptors (Lipinski definition) is 6. The molecule has 140 valence electrons. The fourth-order valence-corrected chi connectivity index (χ4v) is 3.50. The minimum atomic E-state index is -0.366. The molecule has 0 saturated carbocycles. The van der Waals surface area contributed by atoms with Crippen LogP contribution in [0.25, 0.3) is 11.4 Å². The fourth-order valence-electron chi connectivity index (χ4n) is 3.50. The monoisotopic (exact) mass is 366 g/mol. The van der Waals surface area contributed by atoms with Gasteiger partial charge in [-0.3, -0.25) is 4.68 Å². The summed E-state index contributed by atoms with van der Waals surface area (Å²) in [7, 11) is 3.83. The van der Waals surface area contributed by atoms with Gasteiger partial charge in [0.2, 0.25) is 0 Å². The largest absolute Gasteiger partial charge is 0.461 e. The summed E-state index contributed by atoms with van der Waals surface area (Å²) in [5.74, 6) is 1.39. The number of pyridine rings is 1. The quantitative estimate of drug-likeness (QED) is 0.657. The number of hydrogen-bond donors (Lipinski definition) is 0. The maximum atomic E-state index is 12.2. The van der Waals surface area contributed by atoms with Gasteiger partial charge in [0.15, 0.2) is 5.69 Å². The Hall–Kier alpha value is -3.16. The second-order valence-electron chi connectivity index (χ2n) is 6.56. The Balaban J connectivity index is 1.59. The highest BCUT2D eigenvalue weighted by Gasteiger charge is 2.28. The van der Waals surface area contributed by atoms with Crippen LogP contribution in [0, 0.1) is 0 Å². The molecule has 8 heteroatoms. The molecule has 0 saturated heterocycles. The molecule has 0 radical (unpaired) electrons. The van der Waals surface area contributed by atoms with Gasteiger partial charge in [0.25, 0.3) is 0 Å². The lowest BCUT2D eigenvalue weighted by atomic mass is 10.0. The Morgan fingerprint density at radius 1 is 1.26 bits per heavy atom. The number of rotatable bonds is 4. The zero-order valence-electron chi connectivity index (χ0n) is 15.7. The molecule has 27 heavy (non-hydrogen) atoms. The third kappa shape index (κ3) is 3.07. The lowest BCUT2D eigenvalue weighted by Gasteiger charge is -2.28. The van der Waals surface area contributed by atoms with Gasteiger partial charge in [0, 0.05) is 69.0 Å². The normalized spacial score (nSPS) is 13.5. The van der Waals surface area contributed by atoms with E-state index in [1.807, 2.05) is 43.2 Å². The van der Waals surface area contributed by atoms with Gasteiger partial charge in [-0.2, -0.15) is 5.10 Å². The maximum Gasteiger partial charge on any atom is 0.359 e. The first-order valence-electron chi connectivity index (χ1n) is 8.99. The van der Waals surface area contributed by atoms with E-state index in [0.29, 0.717) is 18.8 Å². The molecule has 0 spiro atoms. The summed E-state index contributed by atoms with van der Waals surface area (Å²) in [4.78, 5) is 23.4. The van der Waals surface area contributed by atoms with Gasteiger partial charge >= 0.3 is 5.97 Å². The van der Waals surface area contributed by atoms with Gasteiger partial charge in [0.1, 0.15) is 11.6 Å². The van der Waals surface area contributed by atoms with E-state index >= 15 is 0 Å². The van der Waals surface area contributed by atoms with E-state index in [2.05, 4.69) is 20.0 Å². The average molecular weight is 366 g/mol. The average Bonchev–Trinajstić information content (AvgIpc) is 3.25. The van der Waals surface area contributed by atoms with Gasteiger partial charge in [-0.05, 0) is 19.1 Å². The van der Waals surface area contributed by atoms with Crippen molar-refractivity contribution >= 4 is 11.8 Å². The molecule has 0 aromatic carbocycles. The summed E-state index contributed by atoms with van der Waals surface area (Å²) in [5, 5.41) is 4.38. The number of carbonyl (C=O) groups is 1.